The summed E-state index contributed by atoms with van der Waals surface area (Å²) in [6.45, 7) is 1.32. The van der Waals surface area contributed by atoms with E-state index in [2.05, 4.69) is 10.1 Å². The summed E-state index contributed by atoms with van der Waals surface area (Å²) in [5.74, 6) is 0.124. The quantitative estimate of drug-likeness (QED) is 0.651. The fraction of sp³-hybridized carbons (Fsp3) is 0.929. The molecule has 0 aromatic rings. The Morgan fingerprint density at radius 2 is 2.19 bits per heavy atom. The minimum atomic E-state index is -3.21. The van der Waals surface area contributed by atoms with Gasteiger partial charge in [-0.2, -0.15) is 0 Å². The molecule has 2 aliphatic rings. The lowest BCUT2D eigenvalue weighted by molar-refractivity contribution is -0.141. The van der Waals surface area contributed by atoms with Gasteiger partial charge in [-0.25, -0.2) is 8.42 Å². The first kappa shape index (κ1) is 16.7. The van der Waals surface area contributed by atoms with Gasteiger partial charge in [0.05, 0.1) is 31.6 Å². The highest BCUT2D eigenvalue weighted by molar-refractivity contribution is 7.91. The van der Waals surface area contributed by atoms with Crippen LogP contribution in [-0.4, -0.2) is 59.3 Å². The molecule has 0 spiro atoms. The normalized spacial score (nSPS) is 25.5. The Hall–Kier alpha value is -0.660. The first-order valence-electron chi connectivity index (χ1n) is 7.42. The summed E-state index contributed by atoms with van der Waals surface area (Å²) in [6, 6.07) is -0.0774. The van der Waals surface area contributed by atoms with Crippen LogP contribution in [0.15, 0.2) is 0 Å². The lowest BCUT2D eigenvalue weighted by Gasteiger charge is -2.23. The number of hydrogen-bond acceptors (Lipinski definition) is 6. The Morgan fingerprint density at radius 3 is 2.67 bits per heavy atom. The van der Waals surface area contributed by atoms with Crippen LogP contribution in [0.4, 0.5) is 0 Å². The van der Waals surface area contributed by atoms with Crippen molar-refractivity contribution in [3.63, 3.8) is 0 Å². The number of carbonyl (C=O) groups excluding carboxylic acids is 1. The number of esters is 1. The zero-order valence-corrected chi connectivity index (χ0v) is 13.6. The van der Waals surface area contributed by atoms with Crippen LogP contribution in [0.25, 0.3) is 0 Å². The third-order valence-electron chi connectivity index (χ3n) is 4.57. The molecule has 2 rings (SSSR count). The zero-order valence-electron chi connectivity index (χ0n) is 12.8. The summed E-state index contributed by atoms with van der Waals surface area (Å²) in [4.78, 5) is 11.4. The molecule has 1 heterocycles. The topological polar surface area (TPSA) is 81.7 Å². The van der Waals surface area contributed by atoms with E-state index in [-0.39, 0.29) is 41.3 Å². The molecular formula is C14H25NO5S. The van der Waals surface area contributed by atoms with Gasteiger partial charge in [-0.1, -0.05) is 0 Å². The number of nitrogens with one attached hydrogen (secondary N) is 1. The molecule has 0 aromatic heterocycles. The number of ether oxygens (including phenoxy) is 2. The second-order valence-electron chi connectivity index (χ2n) is 6.33. The van der Waals surface area contributed by atoms with E-state index in [1.54, 1.807) is 7.05 Å². The van der Waals surface area contributed by atoms with Crippen molar-refractivity contribution in [2.45, 2.75) is 31.7 Å². The van der Waals surface area contributed by atoms with Gasteiger partial charge >= 0.3 is 5.97 Å². The molecule has 122 valence electrons. The molecule has 1 aliphatic heterocycles. The van der Waals surface area contributed by atoms with Crippen LogP contribution >= 0.6 is 0 Å². The molecule has 0 radical (unpaired) electrons. The van der Waals surface area contributed by atoms with Crippen molar-refractivity contribution in [3.8, 4) is 0 Å². The predicted octanol–water partition coefficient (Wildman–Crippen LogP) is 0.369. The van der Waals surface area contributed by atoms with E-state index in [1.165, 1.54) is 7.11 Å². The highest BCUT2D eigenvalue weighted by atomic mass is 32.2. The average molecular weight is 319 g/mol. The summed E-state index contributed by atoms with van der Waals surface area (Å²) in [7, 11) is -0.0763. The molecule has 0 amide bonds. The molecular weight excluding hydrogens is 294 g/mol. The van der Waals surface area contributed by atoms with Crippen molar-refractivity contribution in [1.82, 2.24) is 5.32 Å². The van der Waals surface area contributed by atoms with Gasteiger partial charge in [0.1, 0.15) is 0 Å². The van der Waals surface area contributed by atoms with Crippen LogP contribution in [0.2, 0.25) is 0 Å². The van der Waals surface area contributed by atoms with Crippen molar-refractivity contribution < 1.29 is 22.7 Å². The van der Waals surface area contributed by atoms with Crippen molar-refractivity contribution in [3.05, 3.63) is 0 Å². The molecule has 1 aliphatic carbocycles. The summed E-state index contributed by atoms with van der Waals surface area (Å²) in [5.41, 5.74) is -0.379. The second kappa shape index (κ2) is 6.62. The van der Waals surface area contributed by atoms with Crippen LogP contribution in [-0.2, 0) is 24.1 Å². The second-order valence-corrected chi connectivity index (χ2v) is 8.44. The van der Waals surface area contributed by atoms with Gasteiger partial charge < -0.3 is 14.8 Å². The van der Waals surface area contributed by atoms with Gasteiger partial charge in [0.2, 0.25) is 0 Å². The third-order valence-corrected chi connectivity index (χ3v) is 6.49. The number of rotatable bonds is 8. The Morgan fingerprint density at radius 1 is 1.48 bits per heavy atom. The van der Waals surface area contributed by atoms with E-state index in [9.17, 15) is 13.2 Å². The number of sulfone groups is 1. The van der Waals surface area contributed by atoms with E-state index in [0.717, 1.165) is 19.3 Å². The summed E-state index contributed by atoms with van der Waals surface area (Å²) < 4.78 is 34.9. The molecule has 0 aromatic carbocycles. The molecule has 7 heteroatoms. The molecule has 2 unspecified atom stereocenters. The Bertz CT molecular complexity index is 466. The minimum Gasteiger partial charge on any atom is -0.469 e. The van der Waals surface area contributed by atoms with E-state index in [0.29, 0.717) is 13.2 Å². The molecule has 1 saturated heterocycles. The smallest absolute Gasteiger partial charge is 0.306 e. The highest BCUT2D eigenvalue weighted by Gasteiger charge is 2.48. The summed E-state index contributed by atoms with van der Waals surface area (Å²) >= 11 is 0. The van der Waals surface area contributed by atoms with Gasteiger partial charge in [0, 0.05) is 18.6 Å². The lowest BCUT2D eigenvalue weighted by atomic mass is 10.0. The SMILES string of the molecule is CNC(CS(=O)(=O)CC1(CC(=O)OC)CC1)C1CCOC1. The maximum atomic E-state index is 12.4. The van der Waals surface area contributed by atoms with Crippen molar-refractivity contribution in [2.24, 2.45) is 11.3 Å². The Kier molecular flexibility index (Phi) is 5.27. The van der Waals surface area contributed by atoms with Crippen molar-refractivity contribution >= 4 is 15.8 Å². The van der Waals surface area contributed by atoms with Gasteiger partial charge in [0.25, 0.3) is 0 Å². The molecule has 21 heavy (non-hydrogen) atoms. The van der Waals surface area contributed by atoms with Crippen LogP contribution in [0.5, 0.6) is 0 Å². The molecule has 2 atom stereocenters. The van der Waals surface area contributed by atoms with E-state index in [1.807, 2.05) is 0 Å². The van der Waals surface area contributed by atoms with Crippen LogP contribution in [0.1, 0.15) is 25.7 Å². The van der Waals surface area contributed by atoms with E-state index >= 15 is 0 Å². The maximum absolute atomic E-state index is 12.4. The van der Waals surface area contributed by atoms with Gasteiger partial charge in [0.15, 0.2) is 9.84 Å². The fourth-order valence-corrected chi connectivity index (χ4v) is 5.48. The molecule has 6 nitrogen and oxygen atoms in total. The Labute approximate surface area is 126 Å². The van der Waals surface area contributed by atoms with Gasteiger partial charge in [-0.05, 0) is 31.7 Å². The predicted molar refractivity (Wildman–Crippen MR) is 78.7 cm³/mol. The molecule has 1 saturated carbocycles. The molecule has 0 bridgehead atoms. The van der Waals surface area contributed by atoms with Gasteiger partial charge in [-0.15, -0.1) is 0 Å². The van der Waals surface area contributed by atoms with E-state index < -0.39 is 9.84 Å². The zero-order chi connectivity index (χ0) is 15.5. The average Bonchev–Trinajstić information content (AvgIpc) is 2.94. The molecule has 1 N–H and O–H groups in total. The van der Waals surface area contributed by atoms with Crippen molar-refractivity contribution in [2.75, 3.05) is 38.9 Å². The summed E-state index contributed by atoms with van der Waals surface area (Å²) in [6.07, 6.45) is 2.68. The van der Waals surface area contributed by atoms with Crippen LogP contribution in [0.3, 0.4) is 0 Å². The number of hydrogen-bond donors (Lipinski definition) is 1. The third kappa shape index (κ3) is 4.66. The summed E-state index contributed by atoms with van der Waals surface area (Å²) in [5, 5.41) is 3.11. The first-order valence-corrected chi connectivity index (χ1v) is 9.24. The molecule has 2 fully saturated rings. The first-order chi connectivity index (χ1) is 9.90. The fourth-order valence-electron chi connectivity index (χ4n) is 3.05. The monoisotopic (exact) mass is 319 g/mol. The van der Waals surface area contributed by atoms with E-state index in [4.69, 9.17) is 4.74 Å². The number of carbonyl (C=O) groups is 1. The minimum absolute atomic E-state index is 0.0774. The number of methoxy groups -OCH3 is 1. The van der Waals surface area contributed by atoms with Crippen LogP contribution < -0.4 is 5.32 Å². The maximum Gasteiger partial charge on any atom is 0.306 e. The largest absolute Gasteiger partial charge is 0.469 e. The van der Waals surface area contributed by atoms with Crippen molar-refractivity contribution in [1.29, 1.82) is 0 Å². The lowest BCUT2D eigenvalue weighted by Crippen LogP contribution is -2.41. The Balaban J connectivity index is 1.93. The van der Waals surface area contributed by atoms with Gasteiger partial charge in [-0.3, -0.25) is 4.79 Å². The van der Waals surface area contributed by atoms with Crippen LogP contribution in [0, 0.1) is 11.3 Å². The highest BCUT2D eigenvalue weighted by Crippen LogP contribution is 2.50. The standard InChI is InChI=1S/C14H25NO5S/c1-15-12(11-3-6-20-8-11)9-21(17,18)10-14(4-5-14)7-13(16)19-2/h11-12,15H,3-10H2,1-2H3.